The van der Waals surface area contributed by atoms with E-state index in [1.807, 2.05) is 26.0 Å². The summed E-state index contributed by atoms with van der Waals surface area (Å²) in [5, 5.41) is 2.37. The van der Waals surface area contributed by atoms with Gasteiger partial charge in [-0.3, -0.25) is 4.79 Å². The molecule has 122 valence electrons. The zero-order valence-corrected chi connectivity index (χ0v) is 13.8. The van der Waals surface area contributed by atoms with Gasteiger partial charge in [0.15, 0.2) is 0 Å². The molecular formula is C20H24O3. The predicted molar refractivity (Wildman–Crippen MR) is 93.4 cm³/mol. The quantitative estimate of drug-likeness (QED) is 0.542. The molecule has 0 bridgehead atoms. The highest BCUT2D eigenvalue weighted by Gasteiger charge is 2.27. The van der Waals surface area contributed by atoms with E-state index < -0.39 is 0 Å². The van der Waals surface area contributed by atoms with Crippen LogP contribution in [-0.2, 0) is 20.7 Å². The number of ether oxygens (including phenoxy) is 2. The minimum atomic E-state index is -0.323. The molecule has 0 aliphatic heterocycles. The molecule has 2 aromatic carbocycles. The van der Waals surface area contributed by atoms with Crippen molar-refractivity contribution in [3.8, 4) is 0 Å². The molecule has 2 aromatic rings. The van der Waals surface area contributed by atoms with Gasteiger partial charge >= 0.3 is 5.97 Å². The molecule has 0 aromatic heterocycles. The fraction of sp³-hybridized carbons (Fsp3) is 0.350. The number of hydrogen-bond acceptors (Lipinski definition) is 3. The summed E-state index contributed by atoms with van der Waals surface area (Å²) in [4.78, 5) is 12.3. The van der Waals surface area contributed by atoms with Gasteiger partial charge < -0.3 is 9.47 Å². The third-order valence-electron chi connectivity index (χ3n) is 3.90. The van der Waals surface area contributed by atoms with E-state index in [-0.39, 0.29) is 18.0 Å². The maximum Gasteiger partial charge on any atom is 0.311 e. The fourth-order valence-corrected chi connectivity index (χ4v) is 2.65. The lowest BCUT2D eigenvalue weighted by Crippen LogP contribution is -2.32. The standard InChI is InChI=1S/C20H24O3/c1-4-12-23-15(3)19(20(21)22-5-2)14-16-10-11-17-8-6-7-9-18(17)13-16/h4,6-11,13,15,19H,1,5,12,14H2,2-3H3/t15-,19-/m1/s1. The summed E-state index contributed by atoms with van der Waals surface area (Å²) >= 11 is 0. The van der Waals surface area contributed by atoms with Crippen molar-refractivity contribution in [1.82, 2.24) is 0 Å². The van der Waals surface area contributed by atoms with Crippen molar-refractivity contribution < 1.29 is 14.3 Å². The van der Waals surface area contributed by atoms with Gasteiger partial charge in [-0.25, -0.2) is 0 Å². The summed E-state index contributed by atoms with van der Waals surface area (Å²) in [6.07, 6.45) is 2.06. The minimum Gasteiger partial charge on any atom is -0.466 e. The van der Waals surface area contributed by atoms with Gasteiger partial charge in [0, 0.05) is 0 Å². The molecule has 0 amide bonds. The highest BCUT2D eigenvalue weighted by atomic mass is 16.5. The van der Waals surface area contributed by atoms with E-state index in [4.69, 9.17) is 9.47 Å². The summed E-state index contributed by atoms with van der Waals surface area (Å²) in [6.45, 7) is 8.18. The number of carbonyl (C=O) groups excluding carboxylic acids is 1. The van der Waals surface area contributed by atoms with E-state index >= 15 is 0 Å². The first kappa shape index (κ1) is 17.2. The molecule has 2 atom stereocenters. The minimum absolute atomic E-state index is 0.211. The average Bonchev–Trinajstić information content (AvgIpc) is 2.57. The Morgan fingerprint density at radius 3 is 2.65 bits per heavy atom. The van der Waals surface area contributed by atoms with Crippen LogP contribution in [0.25, 0.3) is 10.8 Å². The van der Waals surface area contributed by atoms with Crippen LogP contribution in [0.2, 0.25) is 0 Å². The van der Waals surface area contributed by atoms with Crippen LogP contribution in [-0.4, -0.2) is 25.3 Å². The maximum atomic E-state index is 12.3. The fourth-order valence-electron chi connectivity index (χ4n) is 2.65. The molecule has 0 radical (unpaired) electrons. The molecule has 0 N–H and O–H groups in total. The Bertz CT molecular complexity index is 663. The van der Waals surface area contributed by atoms with Crippen molar-refractivity contribution in [2.24, 2.45) is 5.92 Å². The van der Waals surface area contributed by atoms with Gasteiger partial charge in [-0.2, -0.15) is 0 Å². The second kappa shape index (κ2) is 8.49. The molecule has 0 spiro atoms. The molecule has 0 aliphatic carbocycles. The predicted octanol–water partition coefficient (Wildman–Crippen LogP) is 4.15. The molecule has 2 rings (SSSR count). The molecule has 0 aliphatic rings. The number of esters is 1. The Labute approximate surface area is 137 Å². The van der Waals surface area contributed by atoms with Crippen LogP contribution in [0, 0.1) is 5.92 Å². The molecular weight excluding hydrogens is 288 g/mol. The van der Waals surface area contributed by atoms with Gasteiger partial charge in [-0.05, 0) is 36.6 Å². The van der Waals surface area contributed by atoms with Crippen LogP contribution in [0.3, 0.4) is 0 Å². The molecule has 0 heterocycles. The molecule has 0 unspecified atom stereocenters. The summed E-state index contributed by atoms with van der Waals surface area (Å²) in [5.41, 5.74) is 1.11. The van der Waals surface area contributed by atoms with Crippen molar-refractivity contribution in [3.63, 3.8) is 0 Å². The van der Waals surface area contributed by atoms with E-state index in [9.17, 15) is 4.79 Å². The Morgan fingerprint density at radius 2 is 1.96 bits per heavy atom. The Morgan fingerprint density at radius 1 is 1.22 bits per heavy atom. The summed E-state index contributed by atoms with van der Waals surface area (Å²) in [6, 6.07) is 14.5. The number of benzene rings is 2. The molecule has 0 fully saturated rings. The largest absolute Gasteiger partial charge is 0.466 e. The first-order valence-electron chi connectivity index (χ1n) is 8.02. The molecule has 3 nitrogen and oxygen atoms in total. The van der Waals surface area contributed by atoms with Gasteiger partial charge in [0.1, 0.15) is 0 Å². The van der Waals surface area contributed by atoms with Gasteiger partial charge in [-0.1, -0.05) is 48.5 Å². The monoisotopic (exact) mass is 312 g/mol. The van der Waals surface area contributed by atoms with Crippen LogP contribution in [0.4, 0.5) is 0 Å². The molecule has 0 saturated carbocycles. The van der Waals surface area contributed by atoms with Crippen molar-refractivity contribution >= 4 is 16.7 Å². The van der Waals surface area contributed by atoms with Crippen molar-refractivity contribution in [3.05, 3.63) is 60.7 Å². The lowest BCUT2D eigenvalue weighted by atomic mass is 9.93. The average molecular weight is 312 g/mol. The first-order chi connectivity index (χ1) is 11.2. The summed E-state index contributed by atoms with van der Waals surface area (Å²) in [7, 11) is 0. The van der Waals surface area contributed by atoms with E-state index in [2.05, 4.69) is 36.9 Å². The van der Waals surface area contributed by atoms with Crippen LogP contribution in [0.5, 0.6) is 0 Å². The third kappa shape index (κ3) is 4.67. The molecule has 3 heteroatoms. The van der Waals surface area contributed by atoms with Gasteiger partial charge in [-0.15, -0.1) is 6.58 Å². The number of hydrogen-bond donors (Lipinski definition) is 0. The van der Waals surface area contributed by atoms with Crippen LogP contribution in [0.1, 0.15) is 19.4 Å². The zero-order chi connectivity index (χ0) is 16.7. The van der Waals surface area contributed by atoms with Crippen LogP contribution in [0.15, 0.2) is 55.1 Å². The van der Waals surface area contributed by atoms with E-state index in [1.165, 1.54) is 10.8 Å². The topological polar surface area (TPSA) is 35.5 Å². The van der Waals surface area contributed by atoms with E-state index in [0.29, 0.717) is 19.6 Å². The van der Waals surface area contributed by atoms with Crippen LogP contribution >= 0.6 is 0 Å². The van der Waals surface area contributed by atoms with Gasteiger partial charge in [0.2, 0.25) is 0 Å². The number of carbonyl (C=O) groups is 1. The lowest BCUT2D eigenvalue weighted by Gasteiger charge is -2.22. The summed E-state index contributed by atoms with van der Waals surface area (Å²) < 4.78 is 10.9. The number of fused-ring (bicyclic) bond motifs is 1. The third-order valence-corrected chi connectivity index (χ3v) is 3.90. The van der Waals surface area contributed by atoms with Gasteiger partial charge in [0.25, 0.3) is 0 Å². The Kier molecular flexibility index (Phi) is 6.36. The Hall–Kier alpha value is -2.13. The normalized spacial score (nSPS) is 13.5. The lowest BCUT2D eigenvalue weighted by molar-refractivity contribution is -0.152. The smallest absolute Gasteiger partial charge is 0.311 e. The van der Waals surface area contributed by atoms with Gasteiger partial charge in [0.05, 0.1) is 25.2 Å². The van der Waals surface area contributed by atoms with Crippen LogP contribution < -0.4 is 0 Å². The summed E-state index contributed by atoms with van der Waals surface area (Å²) in [5.74, 6) is -0.534. The number of rotatable bonds is 8. The highest BCUT2D eigenvalue weighted by molar-refractivity contribution is 5.83. The van der Waals surface area contributed by atoms with Crippen molar-refractivity contribution in [2.75, 3.05) is 13.2 Å². The SMILES string of the molecule is C=CCO[C@H](C)[C@@H](Cc1ccc2ccccc2c1)C(=O)OCC. The van der Waals surface area contributed by atoms with Crippen molar-refractivity contribution in [1.29, 1.82) is 0 Å². The highest BCUT2D eigenvalue weighted by Crippen LogP contribution is 2.21. The second-order valence-corrected chi connectivity index (χ2v) is 5.57. The Balaban J connectivity index is 2.20. The molecule has 23 heavy (non-hydrogen) atoms. The second-order valence-electron chi connectivity index (χ2n) is 5.57. The van der Waals surface area contributed by atoms with E-state index in [0.717, 1.165) is 5.56 Å². The van der Waals surface area contributed by atoms with Crippen molar-refractivity contribution in [2.45, 2.75) is 26.4 Å². The maximum absolute atomic E-state index is 12.3. The zero-order valence-electron chi connectivity index (χ0n) is 13.8. The first-order valence-corrected chi connectivity index (χ1v) is 8.02. The van der Waals surface area contributed by atoms with E-state index in [1.54, 1.807) is 6.08 Å². The molecule has 0 saturated heterocycles.